The predicted molar refractivity (Wildman–Crippen MR) is 147 cm³/mol. The van der Waals surface area contributed by atoms with Gasteiger partial charge in [-0.15, -0.1) is 0 Å². The molecule has 4 aromatic rings. The number of fused-ring (bicyclic) bond motifs is 1. The lowest BCUT2D eigenvalue weighted by Crippen LogP contribution is -2.41. The van der Waals surface area contributed by atoms with Crippen LogP contribution in [0.4, 0.5) is 17.3 Å². The maximum Gasteiger partial charge on any atom is 0.251 e. The summed E-state index contributed by atoms with van der Waals surface area (Å²) in [5.41, 5.74) is 7.99. The maximum absolute atomic E-state index is 12.8. The van der Waals surface area contributed by atoms with Crippen LogP contribution in [0.25, 0.3) is 10.8 Å². The number of rotatable bonds is 8. The number of hydrogen-bond donors (Lipinski definition) is 3. The summed E-state index contributed by atoms with van der Waals surface area (Å²) in [6.07, 6.45) is 1.61. The van der Waals surface area contributed by atoms with Crippen molar-refractivity contribution in [2.75, 3.05) is 50.4 Å². The zero-order valence-corrected chi connectivity index (χ0v) is 21.7. The highest BCUT2D eigenvalue weighted by Gasteiger charge is 2.13. The van der Waals surface area contributed by atoms with Crippen LogP contribution in [0, 0.1) is 0 Å². The summed E-state index contributed by atoms with van der Waals surface area (Å²) in [7, 11) is 0. The fourth-order valence-corrected chi connectivity index (χ4v) is 4.63. The van der Waals surface area contributed by atoms with Crippen LogP contribution >= 0.6 is 15.9 Å². The van der Waals surface area contributed by atoms with Gasteiger partial charge in [0, 0.05) is 70.6 Å². The Balaban J connectivity index is 1.26. The quantitative estimate of drug-likeness (QED) is 0.267. The summed E-state index contributed by atoms with van der Waals surface area (Å²) in [5, 5.41) is 7.96. The van der Waals surface area contributed by atoms with Gasteiger partial charge in [0.25, 0.3) is 5.91 Å². The van der Waals surface area contributed by atoms with Gasteiger partial charge in [-0.25, -0.2) is 4.98 Å². The first-order chi connectivity index (χ1) is 18.0. The molecule has 2 heterocycles. The molecule has 1 aliphatic rings. The number of nitrogens with one attached hydrogen (secondary N) is 2. The number of morpholine rings is 1. The first-order valence-corrected chi connectivity index (χ1v) is 12.8. The molecule has 4 N–H and O–H groups in total. The van der Waals surface area contributed by atoms with E-state index in [1.54, 1.807) is 24.4 Å². The van der Waals surface area contributed by atoms with Crippen molar-refractivity contribution in [3.05, 3.63) is 76.9 Å². The minimum Gasteiger partial charge on any atom is -0.438 e. The van der Waals surface area contributed by atoms with Crippen molar-refractivity contribution in [3.8, 4) is 11.6 Å². The molecule has 1 aromatic heterocycles. The Hall–Kier alpha value is -3.73. The van der Waals surface area contributed by atoms with Crippen molar-refractivity contribution >= 4 is 49.9 Å². The number of benzene rings is 3. The third-order valence-corrected chi connectivity index (χ3v) is 6.45. The van der Waals surface area contributed by atoms with Crippen LogP contribution in [-0.4, -0.2) is 60.2 Å². The van der Waals surface area contributed by atoms with E-state index in [1.807, 2.05) is 42.5 Å². The minimum atomic E-state index is -0.147. The number of ether oxygens (including phenoxy) is 2. The summed E-state index contributed by atoms with van der Waals surface area (Å²) in [6.45, 7) is 4.60. The molecule has 0 atom stereocenters. The summed E-state index contributed by atoms with van der Waals surface area (Å²) >= 11 is 3.50. The number of carbonyl (C=O) groups excluding carboxylic acids is 1. The number of anilines is 3. The van der Waals surface area contributed by atoms with E-state index in [4.69, 9.17) is 15.2 Å². The Morgan fingerprint density at radius 2 is 1.89 bits per heavy atom. The molecule has 9 nitrogen and oxygen atoms in total. The molecule has 1 amide bonds. The van der Waals surface area contributed by atoms with E-state index in [2.05, 4.69) is 41.4 Å². The normalized spacial score (nSPS) is 13.9. The summed E-state index contributed by atoms with van der Waals surface area (Å²) in [5.74, 6) is 1.22. The van der Waals surface area contributed by atoms with Crippen LogP contribution in [0.5, 0.6) is 11.6 Å². The molecule has 0 saturated carbocycles. The van der Waals surface area contributed by atoms with Crippen LogP contribution < -0.4 is 21.1 Å². The molecule has 0 aliphatic carbocycles. The van der Waals surface area contributed by atoms with E-state index in [0.717, 1.165) is 48.1 Å². The Labute approximate surface area is 223 Å². The lowest BCUT2D eigenvalue weighted by atomic mass is 10.1. The lowest BCUT2D eigenvalue weighted by molar-refractivity contribution is 0.0383. The highest BCUT2D eigenvalue weighted by Crippen LogP contribution is 2.33. The SMILES string of the molecule is Nc1ccc(Oc2ccnc(Nc3cc(Br)cc(C(=O)NCCN4CCOCC4)c3)n2)c2ccccc12. The monoisotopic (exact) mass is 562 g/mol. The number of nitrogens with two attached hydrogens (primary N) is 1. The number of halogens is 1. The van der Waals surface area contributed by atoms with E-state index in [9.17, 15) is 4.79 Å². The molecule has 0 radical (unpaired) electrons. The molecule has 37 heavy (non-hydrogen) atoms. The van der Waals surface area contributed by atoms with Crippen molar-refractivity contribution in [3.63, 3.8) is 0 Å². The van der Waals surface area contributed by atoms with Gasteiger partial charge in [0.15, 0.2) is 0 Å². The maximum atomic E-state index is 12.8. The van der Waals surface area contributed by atoms with Crippen molar-refractivity contribution in [2.45, 2.75) is 0 Å². The van der Waals surface area contributed by atoms with Gasteiger partial charge in [0.05, 0.1) is 13.2 Å². The molecule has 190 valence electrons. The molecular weight excluding hydrogens is 536 g/mol. The molecule has 0 bridgehead atoms. The van der Waals surface area contributed by atoms with Gasteiger partial charge >= 0.3 is 0 Å². The van der Waals surface area contributed by atoms with Gasteiger partial charge in [0.2, 0.25) is 11.8 Å². The van der Waals surface area contributed by atoms with Crippen molar-refractivity contribution in [2.24, 2.45) is 0 Å². The third-order valence-electron chi connectivity index (χ3n) is 6.00. The summed E-state index contributed by atoms with van der Waals surface area (Å²) in [4.78, 5) is 23.8. The first kappa shape index (κ1) is 24.9. The Morgan fingerprint density at radius 1 is 1.08 bits per heavy atom. The number of carbonyl (C=O) groups is 1. The third kappa shape index (κ3) is 6.34. The average Bonchev–Trinajstić information content (AvgIpc) is 2.91. The molecule has 0 spiro atoms. The molecule has 3 aromatic carbocycles. The molecule has 5 rings (SSSR count). The van der Waals surface area contributed by atoms with Crippen LogP contribution in [0.3, 0.4) is 0 Å². The van der Waals surface area contributed by atoms with E-state index in [0.29, 0.717) is 41.1 Å². The largest absolute Gasteiger partial charge is 0.438 e. The zero-order valence-electron chi connectivity index (χ0n) is 20.1. The van der Waals surface area contributed by atoms with Gasteiger partial charge in [0.1, 0.15) is 5.75 Å². The standard InChI is InChI=1S/C27H27BrN6O3/c28-19-15-18(26(35)30-9-10-34-11-13-36-14-12-34)16-20(17-19)32-27-31-8-7-25(33-27)37-24-6-5-23(29)21-3-1-2-4-22(21)24/h1-8,15-17H,9-14,29H2,(H,30,35)(H,31,32,33). The Bertz CT molecular complexity index is 1410. The number of hydrogen-bond acceptors (Lipinski definition) is 8. The second-order valence-electron chi connectivity index (χ2n) is 8.58. The molecule has 0 unspecified atom stereocenters. The van der Waals surface area contributed by atoms with E-state index in [-0.39, 0.29) is 5.91 Å². The fourth-order valence-electron chi connectivity index (χ4n) is 4.13. The van der Waals surface area contributed by atoms with Crippen LogP contribution in [0.1, 0.15) is 10.4 Å². The van der Waals surface area contributed by atoms with E-state index in [1.165, 1.54) is 0 Å². The number of nitrogens with zero attached hydrogens (tertiary/aromatic N) is 3. The summed E-state index contributed by atoms with van der Waals surface area (Å²) in [6, 6.07) is 18.5. The highest BCUT2D eigenvalue weighted by molar-refractivity contribution is 9.10. The second kappa shape index (κ2) is 11.5. The van der Waals surface area contributed by atoms with Crippen LogP contribution in [-0.2, 0) is 4.74 Å². The second-order valence-corrected chi connectivity index (χ2v) is 9.50. The van der Waals surface area contributed by atoms with Gasteiger partial charge in [-0.3, -0.25) is 9.69 Å². The minimum absolute atomic E-state index is 0.147. The number of aromatic nitrogens is 2. The van der Waals surface area contributed by atoms with E-state index >= 15 is 0 Å². The van der Waals surface area contributed by atoms with Gasteiger partial charge in [-0.05, 0) is 30.3 Å². The average molecular weight is 563 g/mol. The fraction of sp³-hybridized carbons (Fsp3) is 0.222. The van der Waals surface area contributed by atoms with Crippen molar-refractivity contribution < 1.29 is 14.3 Å². The first-order valence-electron chi connectivity index (χ1n) is 12.0. The zero-order chi connectivity index (χ0) is 25.6. The van der Waals surface area contributed by atoms with Gasteiger partial charge < -0.3 is 25.8 Å². The van der Waals surface area contributed by atoms with Crippen LogP contribution in [0.15, 0.2) is 71.3 Å². The highest BCUT2D eigenvalue weighted by atomic mass is 79.9. The topological polar surface area (TPSA) is 115 Å². The predicted octanol–water partition coefficient (Wildman–Crippen LogP) is 4.57. The smallest absolute Gasteiger partial charge is 0.251 e. The molecule has 1 fully saturated rings. The Kier molecular flexibility index (Phi) is 7.79. The Morgan fingerprint density at radius 3 is 2.73 bits per heavy atom. The molecular formula is C27H27BrN6O3. The van der Waals surface area contributed by atoms with Crippen molar-refractivity contribution in [1.29, 1.82) is 0 Å². The molecule has 1 aliphatic heterocycles. The van der Waals surface area contributed by atoms with Gasteiger partial charge in [-0.1, -0.05) is 40.2 Å². The molecule has 10 heteroatoms. The number of amides is 1. The molecule has 1 saturated heterocycles. The number of nitrogen functional groups attached to an aromatic ring is 1. The van der Waals surface area contributed by atoms with Crippen molar-refractivity contribution in [1.82, 2.24) is 20.2 Å². The summed E-state index contributed by atoms with van der Waals surface area (Å²) < 4.78 is 12.2. The van der Waals surface area contributed by atoms with Crippen LogP contribution in [0.2, 0.25) is 0 Å². The van der Waals surface area contributed by atoms with E-state index < -0.39 is 0 Å². The lowest BCUT2D eigenvalue weighted by Gasteiger charge is -2.26. The van der Waals surface area contributed by atoms with Gasteiger partial charge in [-0.2, -0.15) is 4.98 Å².